The number of fused-ring (bicyclic) bond motifs is 2. The van der Waals surface area contributed by atoms with Crippen molar-refractivity contribution in [2.75, 3.05) is 50.5 Å². The van der Waals surface area contributed by atoms with E-state index in [4.69, 9.17) is 22.3 Å². The average Bonchev–Trinajstić information content (AvgIpc) is 1.75. The van der Waals surface area contributed by atoms with E-state index in [1.807, 2.05) is 24.4 Å². The molecule has 502 valence electrons. The van der Waals surface area contributed by atoms with Crippen molar-refractivity contribution in [3.8, 4) is 0 Å². The molecule has 30 heteroatoms. The number of para-hydroxylation sites is 2. The molecule has 0 saturated carbocycles. The second kappa shape index (κ2) is 35.1. The van der Waals surface area contributed by atoms with Gasteiger partial charge in [0.2, 0.25) is 0 Å². The molecular weight excluding hydrogens is 1330 g/mol. The van der Waals surface area contributed by atoms with Gasteiger partial charge in [0.25, 0.3) is 17.0 Å². The van der Waals surface area contributed by atoms with E-state index < -0.39 is 29.6 Å². The van der Waals surface area contributed by atoms with E-state index in [2.05, 4.69) is 39.9 Å². The minimum absolute atomic E-state index is 0.0991. The summed E-state index contributed by atoms with van der Waals surface area (Å²) in [5, 5.41) is 23.9. The predicted molar refractivity (Wildman–Crippen MR) is 375 cm³/mol. The molecular formula is C67H64N10O16S4. The van der Waals surface area contributed by atoms with Gasteiger partial charge >= 0.3 is 47.3 Å². The standard InChI is InChI=1S/C22H20N4O3S.C16H16N2O5S.C14H10N2O4S.C9H11NO2.C6H7NO2S/c1-2-25-18-11-12-30-19(18)21(28)26(22(25)29)13-14-7-9-15(10-8-14)20(27)24-17-6-4-3-5-16(17)23;1-22-14(19)11-5-3-10(4-6-11)9-17-16(21)18-12-7-8-24-13(12)15(20)23-2;17-12-11-10(5-6-21-11)15-14(20)16(12)7-8-1-3-9(4-2-8)13(18)19;1-12-9(11)8-4-2-7(6-10)3-5-8;1-9-6(8)5-4(7)2-3-10-5/h3-12H,2,13,23H2,1H3,(H,24,27);3-8H,9H2,1-2H3,(H2,17,18,21);1-6H,7H2,(H,15,20)(H,18,19);2-5H,6,10H2,1H3;2-3H,7H2,1H3. The number of hydrogen-bond acceptors (Lipinski definition) is 22. The van der Waals surface area contributed by atoms with Gasteiger partial charge in [-0.2, -0.15) is 0 Å². The zero-order chi connectivity index (χ0) is 70.3. The first-order chi connectivity index (χ1) is 46.6. The Morgan fingerprint density at radius 3 is 1.55 bits per heavy atom. The van der Waals surface area contributed by atoms with Crippen LogP contribution in [0.15, 0.2) is 186 Å². The maximum absolute atomic E-state index is 12.8. The van der Waals surface area contributed by atoms with Crippen molar-refractivity contribution in [3.63, 3.8) is 0 Å². The Hall–Kier alpha value is -11.6. The summed E-state index contributed by atoms with van der Waals surface area (Å²) in [6.07, 6.45) is 0. The van der Waals surface area contributed by atoms with Crippen molar-refractivity contribution in [2.45, 2.75) is 39.6 Å². The predicted octanol–water partition coefficient (Wildman–Crippen LogP) is 9.32. The van der Waals surface area contributed by atoms with Gasteiger partial charge in [0.1, 0.15) is 19.2 Å². The molecule has 0 radical (unpaired) electrons. The lowest BCUT2D eigenvalue weighted by atomic mass is 10.1. The number of benzene rings is 5. The van der Waals surface area contributed by atoms with E-state index in [1.165, 1.54) is 90.5 Å². The monoisotopic (exact) mass is 1390 g/mol. The number of nitrogens with one attached hydrogen (secondary N) is 4. The molecule has 0 atom stereocenters. The summed E-state index contributed by atoms with van der Waals surface area (Å²) in [6.45, 7) is 3.35. The first-order valence-electron chi connectivity index (χ1n) is 28.8. The Balaban J connectivity index is 0.000000179. The number of aryl methyl sites for hydroxylation is 1. The highest BCUT2D eigenvalue weighted by Crippen LogP contribution is 2.24. The Kier molecular flexibility index (Phi) is 26.3. The summed E-state index contributed by atoms with van der Waals surface area (Å²) in [6, 6.07) is 40.0. The van der Waals surface area contributed by atoms with Crippen molar-refractivity contribution < 1.29 is 57.6 Å². The molecule has 26 nitrogen and oxygen atoms in total. The number of aromatic carboxylic acids is 1. The van der Waals surface area contributed by atoms with Crippen LogP contribution in [0.3, 0.4) is 0 Å². The highest BCUT2D eigenvalue weighted by Gasteiger charge is 2.18. The van der Waals surface area contributed by atoms with Crippen LogP contribution in [0.2, 0.25) is 0 Å². The van der Waals surface area contributed by atoms with Gasteiger partial charge in [-0.15, -0.1) is 45.3 Å². The van der Waals surface area contributed by atoms with Gasteiger partial charge in [-0.3, -0.25) is 28.1 Å². The quantitative estimate of drug-likeness (QED) is 0.0253. The number of carboxylic acids is 1. The maximum atomic E-state index is 12.8. The molecule has 0 bridgehead atoms. The summed E-state index contributed by atoms with van der Waals surface area (Å²) in [4.78, 5) is 133. The fraction of sp³-hybridized carbons (Fsp3) is 0.149. The van der Waals surface area contributed by atoms with Crippen LogP contribution < -0.4 is 55.6 Å². The minimum Gasteiger partial charge on any atom is -0.478 e. The number of hydrogen-bond donors (Lipinski definition) is 8. The maximum Gasteiger partial charge on any atom is 0.350 e. The van der Waals surface area contributed by atoms with Crippen molar-refractivity contribution in [3.05, 3.63) is 263 Å². The number of amides is 3. The van der Waals surface area contributed by atoms with Gasteiger partial charge in [-0.1, -0.05) is 60.7 Å². The number of ether oxygens (including phenoxy) is 4. The number of thiophene rings is 4. The summed E-state index contributed by atoms with van der Waals surface area (Å²) in [5.41, 5.74) is 23.2. The average molecular weight is 1390 g/mol. The van der Waals surface area contributed by atoms with Gasteiger partial charge in [0.15, 0.2) is 0 Å². The molecule has 3 amide bonds. The number of methoxy groups -OCH3 is 4. The number of urea groups is 1. The lowest BCUT2D eigenvalue weighted by Gasteiger charge is -2.11. The number of esters is 4. The minimum atomic E-state index is -1.02. The third-order valence-corrected chi connectivity index (χ3v) is 17.4. The Labute approximate surface area is 567 Å². The number of nitrogens with zero attached hydrogens (tertiary/aromatic N) is 3. The van der Waals surface area contributed by atoms with Crippen molar-refractivity contribution in [2.24, 2.45) is 5.73 Å². The van der Waals surface area contributed by atoms with E-state index in [0.717, 1.165) is 21.3 Å². The van der Waals surface area contributed by atoms with Crippen LogP contribution >= 0.6 is 45.3 Å². The molecule has 0 fully saturated rings. The first-order valence-corrected chi connectivity index (χ1v) is 32.3. The van der Waals surface area contributed by atoms with Crippen LogP contribution in [0.25, 0.3) is 20.4 Å². The number of H-pyrrole nitrogens is 1. The molecule has 0 aliphatic heterocycles. The number of carboxylic acid groups (broad SMARTS) is 1. The van der Waals surface area contributed by atoms with Gasteiger partial charge < -0.3 is 62.2 Å². The summed E-state index contributed by atoms with van der Waals surface area (Å²) in [7, 11) is 5.29. The molecule has 11 aromatic rings. The van der Waals surface area contributed by atoms with E-state index in [9.17, 15) is 52.7 Å². The fourth-order valence-electron chi connectivity index (χ4n) is 8.73. The Morgan fingerprint density at radius 2 is 0.990 bits per heavy atom. The molecule has 0 aliphatic rings. The number of anilines is 4. The zero-order valence-corrected chi connectivity index (χ0v) is 55.7. The van der Waals surface area contributed by atoms with E-state index in [-0.39, 0.29) is 59.9 Å². The van der Waals surface area contributed by atoms with E-state index in [0.29, 0.717) is 88.3 Å². The smallest absolute Gasteiger partial charge is 0.350 e. The zero-order valence-electron chi connectivity index (χ0n) is 52.5. The molecule has 6 aromatic heterocycles. The summed E-state index contributed by atoms with van der Waals surface area (Å²) >= 11 is 5.07. The van der Waals surface area contributed by atoms with Crippen molar-refractivity contribution in [1.29, 1.82) is 0 Å². The first kappa shape index (κ1) is 72.8. The highest BCUT2D eigenvalue weighted by atomic mass is 32.1. The molecule has 11 rings (SSSR count). The fourth-order valence-corrected chi connectivity index (χ4v) is 11.9. The number of nitrogen functional groups attached to an aromatic ring is 2. The molecule has 0 unspecified atom stereocenters. The number of aromatic amines is 1. The van der Waals surface area contributed by atoms with E-state index in [1.54, 1.807) is 142 Å². The van der Waals surface area contributed by atoms with Crippen LogP contribution in [-0.4, -0.2) is 94.0 Å². The van der Waals surface area contributed by atoms with Crippen LogP contribution in [0, 0.1) is 0 Å². The molecule has 6 heterocycles. The normalized spacial score (nSPS) is 10.3. The van der Waals surface area contributed by atoms with Crippen LogP contribution in [0.5, 0.6) is 0 Å². The number of nitrogens with two attached hydrogens (primary N) is 3. The molecule has 97 heavy (non-hydrogen) atoms. The second-order valence-electron chi connectivity index (χ2n) is 20.0. The number of carbonyl (C=O) groups excluding carboxylic acids is 6. The lowest BCUT2D eigenvalue weighted by Crippen LogP contribution is -2.39. The highest BCUT2D eigenvalue weighted by molar-refractivity contribution is 7.17. The molecule has 0 aliphatic carbocycles. The SMILES string of the molecule is CCn1c(=O)n(Cc2ccc(C(=O)Nc3ccccc3N)cc2)c(=O)c2sccc21.COC(=O)c1ccc(CN)cc1.COC(=O)c1ccc(CNC(=O)Nc2ccsc2C(=O)OC)cc1.COC(=O)c1sccc1N.O=C(O)c1ccc(Cn2c(=O)[nH]c3ccsc3c2=O)cc1. The molecule has 0 saturated heterocycles. The Morgan fingerprint density at radius 1 is 0.495 bits per heavy atom. The lowest BCUT2D eigenvalue weighted by molar-refractivity contribution is 0.0592. The largest absolute Gasteiger partial charge is 0.478 e. The third kappa shape index (κ3) is 19.3. The number of aromatic nitrogens is 4. The van der Waals surface area contributed by atoms with Crippen LogP contribution in [0.4, 0.5) is 27.5 Å². The van der Waals surface area contributed by atoms with Gasteiger partial charge in [0.05, 0.1) is 92.0 Å². The number of carbonyl (C=O) groups is 7. The van der Waals surface area contributed by atoms with Crippen LogP contribution in [-0.2, 0) is 51.7 Å². The molecule has 11 N–H and O–H groups in total. The summed E-state index contributed by atoms with van der Waals surface area (Å²) in [5.74, 6) is -2.91. The van der Waals surface area contributed by atoms with Gasteiger partial charge in [-0.25, -0.2) is 38.4 Å². The second-order valence-corrected chi connectivity index (χ2v) is 23.7. The van der Waals surface area contributed by atoms with Gasteiger partial charge in [-0.05, 0) is 136 Å². The van der Waals surface area contributed by atoms with Crippen LogP contribution in [0.1, 0.15) is 90.0 Å². The topological polar surface area (TPSA) is 390 Å². The summed E-state index contributed by atoms with van der Waals surface area (Å²) < 4.78 is 23.3. The van der Waals surface area contributed by atoms with Crippen molar-refractivity contribution in [1.82, 2.24) is 24.0 Å². The van der Waals surface area contributed by atoms with Gasteiger partial charge in [0, 0.05) is 25.2 Å². The number of rotatable bonds is 16. The van der Waals surface area contributed by atoms with E-state index >= 15 is 0 Å². The molecule has 0 spiro atoms. The molecule has 5 aromatic carbocycles. The Bertz CT molecular complexity index is 4840. The third-order valence-electron chi connectivity index (χ3n) is 13.8. The van der Waals surface area contributed by atoms with Crippen molar-refractivity contribution >= 4 is 130 Å².